The van der Waals surface area contributed by atoms with E-state index < -0.39 is 0 Å². The maximum absolute atomic E-state index is 12.4. The molecule has 1 fully saturated rings. The molecule has 0 saturated carbocycles. The first kappa shape index (κ1) is 15.0. The molecule has 0 radical (unpaired) electrons. The highest BCUT2D eigenvalue weighted by Crippen LogP contribution is 2.31. The Hall–Kier alpha value is -1.40. The van der Waals surface area contributed by atoms with Gasteiger partial charge in [0.05, 0.1) is 18.3 Å². The summed E-state index contributed by atoms with van der Waals surface area (Å²) in [5, 5.41) is 4.38. The molecule has 2 rings (SSSR count). The summed E-state index contributed by atoms with van der Waals surface area (Å²) in [6.45, 7) is 3.06. The minimum Gasteiger partial charge on any atom is -0.383 e. The van der Waals surface area contributed by atoms with Crippen molar-refractivity contribution in [3.05, 3.63) is 17.5 Å². The molecule has 0 aromatic carbocycles. The van der Waals surface area contributed by atoms with Crippen LogP contribution in [0.15, 0.2) is 6.20 Å². The van der Waals surface area contributed by atoms with Crippen molar-refractivity contribution >= 4 is 5.91 Å². The van der Waals surface area contributed by atoms with Gasteiger partial charge in [-0.05, 0) is 19.8 Å². The fraction of sp³-hybridized carbons (Fsp3) is 0.714. The molecule has 2 unspecified atom stereocenters. The molecular formula is C14H24N4O2. The standard InChI is InChI=1S/C14H24N4O2/c1-10-11(9-17(2)16-10)14-12(15)5-4-6-13(19)18(14)7-8-20-3/h9,12,14H,4-8,15H2,1-3H3. The summed E-state index contributed by atoms with van der Waals surface area (Å²) >= 11 is 0. The topological polar surface area (TPSA) is 73.4 Å². The molecular weight excluding hydrogens is 256 g/mol. The third-order valence-electron chi connectivity index (χ3n) is 3.90. The van der Waals surface area contributed by atoms with Crippen LogP contribution in [0.4, 0.5) is 0 Å². The lowest BCUT2D eigenvalue weighted by molar-refractivity contribution is -0.134. The van der Waals surface area contributed by atoms with Crippen molar-refractivity contribution in [3.63, 3.8) is 0 Å². The highest BCUT2D eigenvalue weighted by Gasteiger charge is 2.34. The number of carbonyl (C=O) groups is 1. The Balaban J connectivity index is 2.35. The van der Waals surface area contributed by atoms with E-state index in [0.29, 0.717) is 19.6 Å². The molecule has 1 aliphatic rings. The first-order valence-electron chi connectivity index (χ1n) is 7.08. The fourth-order valence-corrected chi connectivity index (χ4v) is 2.94. The average molecular weight is 280 g/mol. The second-order valence-electron chi connectivity index (χ2n) is 5.42. The van der Waals surface area contributed by atoms with Crippen LogP contribution in [-0.2, 0) is 16.6 Å². The zero-order valence-electron chi connectivity index (χ0n) is 12.5. The first-order valence-corrected chi connectivity index (χ1v) is 7.08. The van der Waals surface area contributed by atoms with E-state index in [9.17, 15) is 4.79 Å². The molecule has 2 atom stereocenters. The van der Waals surface area contributed by atoms with Gasteiger partial charge in [-0.15, -0.1) is 0 Å². The molecule has 20 heavy (non-hydrogen) atoms. The van der Waals surface area contributed by atoms with E-state index >= 15 is 0 Å². The molecule has 0 bridgehead atoms. The first-order chi connectivity index (χ1) is 9.54. The number of nitrogens with zero attached hydrogens (tertiary/aromatic N) is 3. The van der Waals surface area contributed by atoms with Crippen molar-refractivity contribution in [1.29, 1.82) is 0 Å². The van der Waals surface area contributed by atoms with Crippen LogP contribution in [0.3, 0.4) is 0 Å². The van der Waals surface area contributed by atoms with Crippen LogP contribution < -0.4 is 5.73 Å². The van der Waals surface area contributed by atoms with E-state index in [4.69, 9.17) is 10.5 Å². The molecule has 1 aliphatic heterocycles. The van der Waals surface area contributed by atoms with Gasteiger partial charge in [0.1, 0.15) is 0 Å². The number of aromatic nitrogens is 2. The Morgan fingerprint density at radius 1 is 1.55 bits per heavy atom. The molecule has 6 heteroatoms. The second-order valence-corrected chi connectivity index (χ2v) is 5.42. The molecule has 1 amide bonds. The van der Waals surface area contributed by atoms with Crippen LogP contribution in [0, 0.1) is 6.92 Å². The summed E-state index contributed by atoms with van der Waals surface area (Å²) in [5.41, 5.74) is 8.32. The van der Waals surface area contributed by atoms with Gasteiger partial charge in [0, 0.05) is 44.9 Å². The van der Waals surface area contributed by atoms with E-state index in [1.807, 2.05) is 25.1 Å². The largest absolute Gasteiger partial charge is 0.383 e. The van der Waals surface area contributed by atoms with Crippen LogP contribution in [0.2, 0.25) is 0 Å². The van der Waals surface area contributed by atoms with Gasteiger partial charge in [0.25, 0.3) is 0 Å². The number of amides is 1. The SMILES string of the molecule is COCCN1C(=O)CCCC(N)C1c1cn(C)nc1C. The lowest BCUT2D eigenvalue weighted by atomic mass is 9.97. The Morgan fingerprint density at radius 2 is 2.30 bits per heavy atom. The smallest absolute Gasteiger partial charge is 0.223 e. The van der Waals surface area contributed by atoms with Gasteiger partial charge in [-0.3, -0.25) is 9.48 Å². The average Bonchev–Trinajstić information content (AvgIpc) is 2.65. The van der Waals surface area contributed by atoms with Gasteiger partial charge in [-0.1, -0.05) is 0 Å². The second kappa shape index (κ2) is 6.37. The number of nitrogens with two attached hydrogens (primary N) is 1. The van der Waals surface area contributed by atoms with Crippen LogP contribution in [0.25, 0.3) is 0 Å². The lowest BCUT2D eigenvalue weighted by Crippen LogP contribution is -2.43. The summed E-state index contributed by atoms with van der Waals surface area (Å²) in [6, 6.07) is -0.157. The van der Waals surface area contributed by atoms with Gasteiger partial charge in [0.15, 0.2) is 0 Å². The predicted octanol–water partition coefficient (Wildman–Crippen LogP) is 0.756. The van der Waals surface area contributed by atoms with E-state index in [1.165, 1.54) is 0 Å². The van der Waals surface area contributed by atoms with Gasteiger partial charge < -0.3 is 15.4 Å². The lowest BCUT2D eigenvalue weighted by Gasteiger charge is -2.33. The number of aryl methyl sites for hydroxylation is 2. The molecule has 6 nitrogen and oxygen atoms in total. The number of carbonyl (C=O) groups excluding carboxylic acids is 1. The van der Waals surface area contributed by atoms with Gasteiger partial charge in [-0.25, -0.2) is 0 Å². The normalized spacial score (nSPS) is 24.0. The summed E-state index contributed by atoms with van der Waals surface area (Å²) in [5.74, 6) is 0.156. The third kappa shape index (κ3) is 3.02. The van der Waals surface area contributed by atoms with Gasteiger partial charge >= 0.3 is 0 Å². The van der Waals surface area contributed by atoms with Crippen molar-refractivity contribution in [1.82, 2.24) is 14.7 Å². The zero-order valence-corrected chi connectivity index (χ0v) is 12.5. The van der Waals surface area contributed by atoms with Crippen molar-refractivity contribution in [2.24, 2.45) is 12.8 Å². The molecule has 1 saturated heterocycles. The predicted molar refractivity (Wildman–Crippen MR) is 76.1 cm³/mol. The van der Waals surface area contributed by atoms with Crippen LogP contribution >= 0.6 is 0 Å². The summed E-state index contributed by atoms with van der Waals surface area (Å²) in [4.78, 5) is 14.2. The molecule has 1 aromatic heterocycles. The van der Waals surface area contributed by atoms with E-state index in [1.54, 1.807) is 11.8 Å². The third-order valence-corrected chi connectivity index (χ3v) is 3.90. The zero-order chi connectivity index (χ0) is 14.7. The van der Waals surface area contributed by atoms with Crippen LogP contribution in [0.1, 0.15) is 36.6 Å². The Morgan fingerprint density at radius 3 is 2.90 bits per heavy atom. The Bertz CT molecular complexity index is 472. The molecule has 2 N–H and O–H groups in total. The monoisotopic (exact) mass is 280 g/mol. The number of rotatable bonds is 4. The highest BCUT2D eigenvalue weighted by atomic mass is 16.5. The van der Waals surface area contributed by atoms with Crippen molar-refractivity contribution in [2.45, 2.75) is 38.3 Å². The number of likely N-dealkylation sites (tertiary alicyclic amines) is 1. The molecule has 112 valence electrons. The Kier molecular flexibility index (Phi) is 4.77. The van der Waals surface area contributed by atoms with Crippen molar-refractivity contribution < 1.29 is 9.53 Å². The van der Waals surface area contributed by atoms with E-state index in [2.05, 4.69) is 5.10 Å². The van der Waals surface area contributed by atoms with Crippen molar-refractivity contribution in [2.75, 3.05) is 20.3 Å². The van der Waals surface area contributed by atoms with Gasteiger partial charge in [-0.2, -0.15) is 5.10 Å². The molecule has 0 spiro atoms. The number of methoxy groups -OCH3 is 1. The van der Waals surface area contributed by atoms with E-state index in [-0.39, 0.29) is 18.0 Å². The number of ether oxygens (including phenoxy) is 1. The summed E-state index contributed by atoms with van der Waals surface area (Å²) in [6.07, 6.45) is 4.24. The quantitative estimate of drug-likeness (QED) is 0.883. The van der Waals surface area contributed by atoms with Gasteiger partial charge in [0.2, 0.25) is 5.91 Å². The van der Waals surface area contributed by atoms with E-state index in [0.717, 1.165) is 24.1 Å². The minimum atomic E-state index is -0.103. The summed E-state index contributed by atoms with van der Waals surface area (Å²) in [7, 11) is 3.53. The van der Waals surface area contributed by atoms with Crippen molar-refractivity contribution in [3.8, 4) is 0 Å². The molecule has 1 aromatic rings. The molecule has 2 heterocycles. The maximum Gasteiger partial charge on any atom is 0.223 e. The number of hydrogen-bond acceptors (Lipinski definition) is 4. The molecule has 0 aliphatic carbocycles. The Labute approximate surface area is 119 Å². The highest BCUT2D eigenvalue weighted by molar-refractivity contribution is 5.77. The minimum absolute atomic E-state index is 0.0544. The number of hydrogen-bond donors (Lipinski definition) is 1. The van der Waals surface area contributed by atoms with Crippen LogP contribution in [0.5, 0.6) is 0 Å². The summed E-state index contributed by atoms with van der Waals surface area (Å²) < 4.78 is 6.91. The fourth-order valence-electron chi connectivity index (χ4n) is 2.94. The van der Waals surface area contributed by atoms with Crippen LogP contribution in [-0.4, -0.2) is 46.9 Å². The maximum atomic E-state index is 12.4.